The first-order valence-corrected chi connectivity index (χ1v) is 8.64. The van der Waals surface area contributed by atoms with Crippen LogP contribution in [0.15, 0.2) is 48.5 Å². The summed E-state index contributed by atoms with van der Waals surface area (Å²) >= 11 is 0. The quantitative estimate of drug-likeness (QED) is 0.916. The van der Waals surface area contributed by atoms with Crippen LogP contribution in [0.2, 0.25) is 0 Å². The van der Waals surface area contributed by atoms with E-state index in [0.717, 1.165) is 26.2 Å². The second kappa shape index (κ2) is 5.99. The van der Waals surface area contributed by atoms with E-state index in [0.29, 0.717) is 6.54 Å². The van der Waals surface area contributed by atoms with Crippen molar-refractivity contribution >= 4 is 5.69 Å². The van der Waals surface area contributed by atoms with Gasteiger partial charge in [0.1, 0.15) is 0 Å². The summed E-state index contributed by atoms with van der Waals surface area (Å²) in [6.07, 6.45) is 2.42. The normalized spacial score (nSPS) is 19.1. The molecule has 2 aliphatic rings. The molecule has 3 N–H and O–H groups in total. The Hall–Kier alpha value is -1.84. The van der Waals surface area contributed by atoms with Crippen molar-refractivity contribution in [3.05, 3.63) is 65.2 Å². The Morgan fingerprint density at radius 2 is 1.78 bits per heavy atom. The van der Waals surface area contributed by atoms with E-state index in [2.05, 4.69) is 58.7 Å². The zero-order valence-electron chi connectivity index (χ0n) is 13.6. The van der Waals surface area contributed by atoms with Gasteiger partial charge in [-0.3, -0.25) is 0 Å². The van der Waals surface area contributed by atoms with Crippen molar-refractivity contribution in [2.24, 2.45) is 5.73 Å². The van der Waals surface area contributed by atoms with E-state index >= 15 is 0 Å². The Morgan fingerprint density at radius 1 is 1.00 bits per heavy atom. The molecular weight excluding hydrogens is 282 g/mol. The monoisotopic (exact) mass is 307 g/mol. The van der Waals surface area contributed by atoms with Crippen LogP contribution in [0.25, 0.3) is 0 Å². The van der Waals surface area contributed by atoms with Gasteiger partial charge >= 0.3 is 0 Å². The van der Waals surface area contributed by atoms with E-state index in [1.807, 2.05) is 0 Å². The van der Waals surface area contributed by atoms with Crippen LogP contribution in [0, 0.1) is 0 Å². The maximum atomic E-state index is 6.08. The Kier molecular flexibility index (Phi) is 3.83. The molecule has 2 aromatic rings. The van der Waals surface area contributed by atoms with E-state index < -0.39 is 0 Å². The molecule has 0 aromatic heterocycles. The minimum atomic E-state index is 0.283. The van der Waals surface area contributed by atoms with E-state index in [9.17, 15) is 0 Å². The number of fused-ring (bicyclic) bond motifs is 2. The number of piperidine rings is 1. The van der Waals surface area contributed by atoms with Crippen molar-refractivity contribution in [2.75, 3.05) is 24.5 Å². The third-order valence-electron chi connectivity index (χ3n) is 5.49. The zero-order valence-corrected chi connectivity index (χ0v) is 13.6. The van der Waals surface area contributed by atoms with Crippen molar-refractivity contribution in [2.45, 2.75) is 31.3 Å². The van der Waals surface area contributed by atoms with Crippen LogP contribution in [-0.4, -0.2) is 19.6 Å². The van der Waals surface area contributed by atoms with E-state index in [4.69, 9.17) is 5.73 Å². The van der Waals surface area contributed by atoms with Gasteiger partial charge in [0.25, 0.3) is 0 Å². The summed E-state index contributed by atoms with van der Waals surface area (Å²) in [5.74, 6) is 0. The first-order chi connectivity index (χ1) is 11.3. The predicted molar refractivity (Wildman–Crippen MR) is 95.6 cm³/mol. The Morgan fingerprint density at radius 3 is 2.52 bits per heavy atom. The number of hydrogen-bond donors (Lipinski definition) is 2. The van der Waals surface area contributed by atoms with Crippen LogP contribution in [-0.2, 0) is 18.5 Å². The first kappa shape index (κ1) is 14.7. The van der Waals surface area contributed by atoms with Gasteiger partial charge in [-0.05, 0) is 48.7 Å². The molecule has 1 saturated heterocycles. The molecule has 0 aliphatic carbocycles. The van der Waals surface area contributed by atoms with Crippen LogP contribution in [0.4, 0.5) is 5.69 Å². The molecule has 3 heteroatoms. The predicted octanol–water partition coefficient (Wildman–Crippen LogP) is 2.79. The summed E-state index contributed by atoms with van der Waals surface area (Å²) in [4.78, 5) is 2.56. The minimum Gasteiger partial charge on any atom is -0.366 e. The van der Waals surface area contributed by atoms with Crippen LogP contribution in [0.3, 0.4) is 0 Å². The SMILES string of the molecule is NCc1cccc2c1C1(CCNCC1)CN2Cc1ccccc1. The van der Waals surface area contributed by atoms with Crippen LogP contribution in [0.5, 0.6) is 0 Å². The van der Waals surface area contributed by atoms with E-state index in [-0.39, 0.29) is 5.41 Å². The molecule has 4 rings (SSSR count). The van der Waals surface area contributed by atoms with Gasteiger partial charge in [0, 0.05) is 30.7 Å². The van der Waals surface area contributed by atoms with E-state index in [1.54, 1.807) is 0 Å². The third-order valence-corrected chi connectivity index (χ3v) is 5.49. The highest BCUT2D eigenvalue weighted by molar-refractivity contribution is 5.66. The first-order valence-electron chi connectivity index (χ1n) is 8.64. The van der Waals surface area contributed by atoms with Crippen LogP contribution >= 0.6 is 0 Å². The smallest absolute Gasteiger partial charge is 0.0429 e. The van der Waals surface area contributed by atoms with Gasteiger partial charge in [-0.15, -0.1) is 0 Å². The maximum absolute atomic E-state index is 6.08. The van der Waals surface area contributed by atoms with Crippen molar-refractivity contribution in [1.82, 2.24) is 5.32 Å². The lowest BCUT2D eigenvalue weighted by Gasteiger charge is -2.36. The fraction of sp³-hybridized carbons (Fsp3) is 0.400. The highest BCUT2D eigenvalue weighted by Crippen LogP contribution is 2.48. The summed E-state index contributed by atoms with van der Waals surface area (Å²) in [6, 6.07) is 17.5. The number of nitrogens with one attached hydrogen (secondary N) is 1. The van der Waals surface area contributed by atoms with Crippen molar-refractivity contribution < 1.29 is 0 Å². The second-order valence-corrected chi connectivity index (χ2v) is 6.89. The highest BCUT2D eigenvalue weighted by atomic mass is 15.2. The molecule has 0 unspecified atom stereocenters. The fourth-order valence-corrected chi connectivity index (χ4v) is 4.42. The topological polar surface area (TPSA) is 41.3 Å². The summed E-state index contributed by atoms with van der Waals surface area (Å²) in [5.41, 5.74) is 12.0. The highest BCUT2D eigenvalue weighted by Gasteiger charge is 2.44. The van der Waals surface area contributed by atoms with Crippen molar-refractivity contribution in [1.29, 1.82) is 0 Å². The molecule has 3 nitrogen and oxygen atoms in total. The standard InChI is InChI=1S/C20H25N3/c21-13-17-7-4-8-18-19(17)20(9-11-22-12-10-20)15-23(18)14-16-5-2-1-3-6-16/h1-8,22H,9-15,21H2. The lowest BCUT2D eigenvalue weighted by molar-refractivity contribution is 0.323. The number of hydrogen-bond acceptors (Lipinski definition) is 3. The lowest BCUT2D eigenvalue weighted by atomic mass is 9.73. The summed E-state index contributed by atoms with van der Waals surface area (Å²) in [6.45, 7) is 4.96. The third kappa shape index (κ3) is 2.54. The molecule has 2 aromatic carbocycles. The Balaban J connectivity index is 1.74. The summed E-state index contributed by atoms with van der Waals surface area (Å²) in [7, 11) is 0. The molecular formula is C20H25N3. The van der Waals surface area contributed by atoms with Gasteiger partial charge in [0.05, 0.1) is 0 Å². The average Bonchev–Trinajstić information content (AvgIpc) is 2.90. The number of anilines is 1. The molecule has 0 amide bonds. The lowest BCUT2D eigenvalue weighted by Crippen LogP contribution is -2.43. The van der Waals surface area contributed by atoms with Crippen molar-refractivity contribution in [3.8, 4) is 0 Å². The second-order valence-electron chi connectivity index (χ2n) is 6.89. The molecule has 0 radical (unpaired) electrons. The Bertz CT molecular complexity index is 675. The molecule has 0 saturated carbocycles. The molecule has 120 valence electrons. The Labute approximate surface area is 138 Å². The zero-order chi connectivity index (χ0) is 15.7. The van der Waals surface area contributed by atoms with Gasteiger partial charge in [0.15, 0.2) is 0 Å². The molecule has 1 fully saturated rings. The minimum absolute atomic E-state index is 0.283. The van der Waals surface area contributed by atoms with Crippen molar-refractivity contribution in [3.63, 3.8) is 0 Å². The largest absolute Gasteiger partial charge is 0.366 e. The molecule has 0 bridgehead atoms. The summed E-state index contributed by atoms with van der Waals surface area (Å²) < 4.78 is 0. The average molecular weight is 307 g/mol. The van der Waals surface area contributed by atoms with Crippen LogP contribution in [0.1, 0.15) is 29.5 Å². The van der Waals surface area contributed by atoms with Crippen LogP contribution < -0.4 is 16.0 Å². The molecule has 2 heterocycles. The number of rotatable bonds is 3. The van der Waals surface area contributed by atoms with Gasteiger partial charge < -0.3 is 16.0 Å². The van der Waals surface area contributed by atoms with Gasteiger partial charge in [-0.2, -0.15) is 0 Å². The molecule has 0 atom stereocenters. The van der Waals surface area contributed by atoms with Gasteiger partial charge in [-0.1, -0.05) is 42.5 Å². The van der Waals surface area contributed by atoms with Gasteiger partial charge in [0.2, 0.25) is 0 Å². The maximum Gasteiger partial charge on any atom is 0.0429 e. The summed E-state index contributed by atoms with van der Waals surface area (Å²) in [5, 5.41) is 3.52. The fourth-order valence-electron chi connectivity index (χ4n) is 4.42. The number of nitrogens with zero attached hydrogens (tertiary/aromatic N) is 1. The van der Waals surface area contributed by atoms with E-state index in [1.165, 1.54) is 35.2 Å². The molecule has 2 aliphatic heterocycles. The van der Waals surface area contributed by atoms with Gasteiger partial charge in [-0.25, -0.2) is 0 Å². The number of benzene rings is 2. The molecule has 23 heavy (non-hydrogen) atoms. The number of nitrogens with two attached hydrogens (primary N) is 1. The molecule has 1 spiro atoms.